The van der Waals surface area contributed by atoms with Gasteiger partial charge in [-0.3, -0.25) is 19.6 Å². The summed E-state index contributed by atoms with van der Waals surface area (Å²) in [5.74, 6) is -0.427. The van der Waals surface area contributed by atoms with Crippen molar-refractivity contribution in [3.05, 3.63) is 17.8 Å². The lowest BCUT2D eigenvalue weighted by atomic mass is 9.92. The molecule has 1 fully saturated rings. The molecule has 3 N–H and O–H groups in total. The third-order valence-corrected chi connectivity index (χ3v) is 3.80. The first-order chi connectivity index (χ1) is 10.0. The van der Waals surface area contributed by atoms with Crippen molar-refractivity contribution in [2.45, 2.75) is 18.8 Å². The summed E-state index contributed by atoms with van der Waals surface area (Å²) in [6, 6.07) is 3.56. The summed E-state index contributed by atoms with van der Waals surface area (Å²) in [5.41, 5.74) is 7.90. The van der Waals surface area contributed by atoms with Gasteiger partial charge < -0.3 is 10.5 Å². The molecule has 2 heterocycles. The minimum atomic E-state index is -0.431. The van der Waals surface area contributed by atoms with Crippen LogP contribution in [0.2, 0.25) is 0 Å². The number of hydrogen-bond donors (Lipinski definition) is 2. The van der Waals surface area contributed by atoms with E-state index in [0.29, 0.717) is 30.0 Å². The Kier molecular flexibility index (Phi) is 3.04. The Labute approximate surface area is 121 Å². The molecule has 7 heteroatoms. The van der Waals surface area contributed by atoms with Gasteiger partial charge >= 0.3 is 0 Å². The molecular formula is C14H16N4O3. The highest BCUT2D eigenvalue weighted by Gasteiger charge is 2.31. The number of methoxy groups -OCH3 is 1. The highest BCUT2D eigenvalue weighted by atomic mass is 16.5. The predicted molar refractivity (Wildman–Crippen MR) is 76.8 cm³/mol. The number of nitrogens with two attached hydrogens (primary N) is 1. The molecule has 1 aromatic heterocycles. The van der Waals surface area contributed by atoms with Crippen LogP contribution in [0, 0.1) is 0 Å². The number of carbonyl (C=O) groups excluding carboxylic acids is 2. The standard InChI is InChI=1S/C14H16N4O3/c1-18-10-6-9(15)11(21-2)5-8(10)13(17-18)7-3-4-12(19)16-14(7)20/h5-7H,3-4,15H2,1-2H3,(H,16,19,20). The number of fused-ring (bicyclic) bond motifs is 1. The second-order valence-electron chi connectivity index (χ2n) is 5.12. The minimum Gasteiger partial charge on any atom is -0.495 e. The molecule has 0 aliphatic carbocycles. The highest BCUT2D eigenvalue weighted by molar-refractivity contribution is 6.02. The van der Waals surface area contributed by atoms with Gasteiger partial charge in [0.05, 0.1) is 29.9 Å². The summed E-state index contributed by atoms with van der Waals surface area (Å²) in [5, 5.41) is 7.62. The molecule has 2 aromatic rings. The van der Waals surface area contributed by atoms with E-state index >= 15 is 0 Å². The van der Waals surface area contributed by atoms with Crippen LogP contribution in [0.1, 0.15) is 24.5 Å². The van der Waals surface area contributed by atoms with Gasteiger partial charge in [0.15, 0.2) is 0 Å². The average Bonchev–Trinajstić information content (AvgIpc) is 2.74. The van der Waals surface area contributed by atoms with Gasteiger partial charge in [0, 0.05) is 18.9 Å². The largest absolute Gasteiger partial charge is 0.495 e. The Morgan fingerprint density at radius 3 is 2.86 bits per heavy atom. The molecule has 1 aliphatic rings. The van der Waals surface area contributed by atoms with E-state index in [4.69, 9.17) is 10.5 Å². The Hall–Kier alpha value is -2.57. The van der Waals surface area contributed by atoms with Gasteiger partial charge in [-0.1, -0.05) is 0 Å². The molecule has 0 saturated carbocycles. The minimum absolute atomic E-state index is 0.238. The van der Waals surface area contributed by atoms with Gasteiger partial charge in [0.25, 0.3) is 0 Å². The number of hydrogen-bond acceptors (Lipinski definition) is 5. The number of nitrogens with zero attached hydrogens (tertiary/aromatic N) is 2. The average molecular weight is 288 g/mol. The summed E-state index contributed by atoms with van der Waals surface area (Å²) in [4.78, 5) is 23.3. The predicted octanol–water partition coefficient (Wildman–Crippen LogP) is 0.684. The molecule has 0 radical (unpaired) electrons. The van der Waals surface area contributed by atoms with E-state index in [1.807, 2.05) is 0 Å². The lowest BCUT2D eigenvalue weighted by Crippen LogP contribution is -2.39. The number of imide groups is 1. The van der Waals surface area contributed by atoms with Gasteiger partial charge in [-0.15, -0.1) is 0 Å². The molecule has 3 rings (SSSR count). The maximum Gasteiger partial charge on any atom is 0.235 e. The van der Waals surface area contributed by atoms with Crippen LogP contribution in [0.4, 0.5) is 5.69 Å². The molecule has 1 atom stereocenters. The lowest BCUT2D eigenvalue weighted by molar-refractivity contribution is -0.134. The fourth-order valence-electron chi connectivity index (χ4n) is 2.72. The van der Waals surface area contributed by atoms with Crippen molar-refractivity contribution in [3.8, 4) is 5.75 Å². The topological polar surface area (TPSA) is 99.2 Å². The summed E-state index contributed by atoms with van der Waals surface area (Å²) >= 11 is 0. The fourth-order valence-corrected chi connectivity index (χ4v) is 2.72. The number of benzene rings is 1. The molecule has 1 aliphatic heterocycles. The number of nitrogen functional groups attached to an aromatic ring is 1. The van der Waals surface area contributed by atoms with Gasteiger partial charge in [-0.25, -0.2) is 0 Å². The summed E-state index contributed by atoms with van der Waals surface area (Å²) in [6.45, 7) is 0. The van der Waals surface area contributed by atoms with Crippen LogP contribution in [0.15, 0.2) is 12.1 Å². The van der Waals surface area contributed by atoms with E-state index in [0.717, 1.165) is 10.9 Å². The molecule has 0 spiro atoms. The van der Waals surface area contributed by atoms with Crippen LogP contribution in [0.3, 0.4) is 0 Å². The number of aromatic nitrogens is 2. The normalized spacial score (nSPS) is 18.9. The van der Waals surface area contributed by atoms with E-state index in [-0.39, 0.29) is 11.8 Å². The van der Waals surface area contributed by atoms with E-state index in [9.17, 15) is 9.59 Å². The molecular weight excluding hydrogens is 272 g/mol. The maximum atomic E-state index is 12.0. The molecule has 110 valence electrons. The first-order valence-corrected chi connectivity index (χ1v) is 6.65. The van der Waals surface area contributed by atoms with Crippen LogP contribution in [-0.4, -0.2) is 28.7 Å². The summed E-state index contributed by atoms with van der Waals surface area (Å²) < 4.78 is 6.92. The number of carbonyl (C=O) groups is 2. The third-order valence-electron chi connectivity index (χ3n) is 3.80. The molecule has 1 saturated heterocycles. The van der Waals surface area contributed by atoms with Gasteiger partial charge in [0.1, 0.15) is 5.75 Å². The fraction of sp³-hybridized carbons (Fsp3) is 0.357. The molecule has 7 nitrogen and oxygen atoms in total. The Balaban J connectivity index is 2.14. The van der Waals surface area contributed by atoms with Crippen molar-refractivity contribution in [2.75, 3.05) is 12.8 Å². The quantitative estimate of drug-likeness (QED) is 0.625. The van der Waals surface area contributed by atoms with Crippen molar-refractivity contribution in [1.82, 2.24) is 15.1 Å². The smallest absolute Gasteiger partial charge is 0.235 e. The zero-order valence-corrected chi connectivity index (χ0v) is 11.8. The molecule has 1 aromatic carbocycles. The second kappa shape index (κ2) is 4.76. The zero-order valence-electron chi connectivity index (χ0n) is 11.8. The van der Waals surface area contributed by atoms with Crippen LogP contribution < -0.4 is 15.8 Å². The van der Waals surface area contributed by atoms with Gasteiger partial charge in [0.2, 0.25) is 11.8 Å². The zero-order chi connectivity index (χ0) is 15.1. The van der Waals surface area contributed by atoms with Gasteiger partial charge in [-0.2, -0.15) is 5.10 Å². The Bertz CT molecular complexity index is 750. The molecule has 1 unspecified atom stereocenters. The van der Waals surface area contributed by atoms with Crippen molar-refractivity contribution >= 4 is 28.4 Å². The van der Waals surface area contributed by atoms with Crippen molar-refractivity contribution in [2.24, 2.45) is 7.05 Å². The van der Waals surface area contributed by atoms with Crippen LogP contribution >= 0.6 is 0 Å². The van der Waals surface area contributed by atoms with Crippen molar-refractivity contribution in [1.29, 1.82) is 0 Å². The lowest BCUT2D eigenvalue weighted by Gasteiger charge is -2.19. The SMILES string of the molecule is COc1cc2c(C3CCC(=O)NC3=O)nn(C)c2cc1N. The number of nitrogens with one attached hydrogen (secondary N) is 1. The third kappa shape index (κ3) is 2.10. The van der Waals surface area contributed by atoms with E-state index < -0.39 is 5.92 Å². The first kappa shape index (κ1) is 13.4. The van der Waals surface area contributed by atoms with E-state index in [1.54, 1.807) is 31.0 Å². The monoisotopic (exact) mass is 288 g/mol. The summed E-state index contributed by atoms with van der Waals surface area (Å²) in [7, 11) is 3.34. The van der Waals surface area contributed by atoms with Crippen LogP contribution in [-0.2, 0) is 16.6 Å². The second-order valence-corrected chi connectivity index (χ2v) is 5.12. The molecule has 21 heavy (non-hydrogen) atoms. The number of rotatable bonds is 2. The number of piperidine rings is 1. The maximum absolute atomic E-state index is 12.0. The van der Waals surface area contributed by atoms with E-state index in [2.05, 4.69) is 10.4 Å². The van der Waals surface area contributed by atoms with E-state index in [1.165, 1.54) is 0 Å². The number of amides is 2. The number of anilines is 1. The van der Waals surface area contributed by atoms with Crippen LogP contribution in [0.25, 0.3) is 10.9 Å². The summed E-state index contributed by atoms with van der Waals surface area (Å²) in [6.07, 6.45) is 0.782. The number of aryl methyl sites for hydroxylation is 1. The first-order valence-electron chi connectivity index (χ1n) is 6.65. The Morgan fingerprint density at radius 2 is 2.19 bits per heavy atom. The molecule has 0 bridgehead atoms. The molecule has 2 amide bonds. The number of ether oxygens (including phenoxy) is 1. The van der Waals surface area contributed by atoms with Crippen molar-refractivity contribution in [3.63, 3.8) is 0 Å². The highest BCUT2D eigenvalue weighted by Crippen LogP contribution is 2.34. The van der Waals surface area contributed by atoms with Crippen LogP contribution in [0.5, 0.6) is 5.75 Å². The van der Waals surface area contributed by atoms with Gasteiger partial charge in [-0.05, 0) is 18.6 Å². The Morgan fingerprint density at radius 1 is 1.43 bits per heavy atom. The van der Waals surface area contributed by atoms with Crippen molar-refractivity contribution < 1.29 is 14.3 Å².